The first kappa shape index (κ1) is 18.9. The Balaban J connectivity index is 0.00000208. The maximum atomic E-state index is 11.7. The van der Waals surface area contributed by atoms with Crippen molar-refractivity contribution in [2.75, 3.05) is 32.8 Å². The van der Waals surface area contributed by atoms with Gasteiger partial charge in [0.05, 0.1) is 12.0 Å². The molecule has 0 spiro atoms. The minimum absolute atomic E-state index is 0. The molecule has 0 unspecified atom stereocenters. The molecule has 2 aliphatic rings. The molecule has 1 aliphatic carbocycles. The lowest BCUT2D eigenvalue weighted by molar-refractivity contribution is -0.149. The maximum absolute atomic E-state index is 11.7. The fraction of sp³-hybridized carbons (Fsp3) is 0.611. The van der Waals surface area contributed by atoms with Crippen LogP contribution in [0.3, 0.4) is 0 Å². The van der Waals surface area contributed by atoms with Crippen LogP contribution in [0.2, 0.25) is 0 Å². The molecule has 1 saturated carbocycles. The molecule has 3 rings (SSSR count). The van der Waals surface area contributed by atoms with Crippen LogP contribution in [-0.2, 0) is 4.79 Å². The average Bonchev–Trinajstić information content (AvgIpc) is 3.07. The van der Waals surface area contributed by atoms with E-state index in [1.54, 1.807) is 0 Å². The van der Waals surface area contributed by atoms with Crippen LogP contribution in [0, 0.1) is 11.3 Å². The predicted octanol–water partition coefficient (Wildman–Crippen LogP) is 3.07. The Kier molecular flexibility index (Phi) is 6.35. The van der Waals surface area contributed by atoms with E-state index in [2.05, 4.69) is 4.90 Å². The van der Waals surface area contributed by atoms with E-state index in [0.717, 1.165) is 43.9 Å². The van der Waals surface area contributed by atoms with Gasteiger partial charge in [-0.3, -0.25) is 9.69 Å². The molecule has 1 aromatic rings. The van der Waals surface area contributed by atoms with Gasteiger partial charge in [0.15, 0.2) is 0 Å². The van der Waals surface area contributed by atoms with Crippen LogP contribution < -0.4 is 9.47 Å². The third-order valence-corrected chi connectivity index (χ3v) is 5.18. The quantitative estimate of drug-likeness (QED) is 0.814. The van der Waals surface area contributed by atoms with E-state index in [1.807, 2.05) is 31.2 Å². The summed E-state index contributed by atoms with van der Waals surface area (Å²) in [6, 6.07) is 7.61. The van der Waals surface area contributed by atoms with Crippen molar-refractivity contribution in [1.29, 1.82) is 0 Å². The number of likely N-dealkylation sites (tertiary alicyclic amines) is 1. The van der Waals surface area contributed by atoms with E-state index in [1.165, 1.54) is 0 Å². The second-order valence-electron chi connectivity index (χ2n) is 6.54. The number of rotatable bonds is 7. The highest BCUT2D eigenvalue weighted by Gasteiger charge is 2.54. The molecule has 2 atom stereocenters. The lowest BCUT2D eigenvalue weighted by Gasteiger charge is -2.23. The molecule has 0 amide bonds. The number of fused-ring (bicyclic) bond motifs is 1. The molecule has 5 nitrogen and oxygen atoms in total. The van der Waals surface area contributed by atoms with Gasteiger partial charge < -0.3 is 14.6 Å². The minimum atomic E-state index is -0.616. The highest BCUT2D eigenvalue weighted by molar-refractivity contribution is 5.85. The summed E-state index contributed by atoms with van der Waals surface area (Å²) >= 11 is 0. The van der Waals surface area contributed by atoms with Crippen LogP contribution in [-0.4, -0.2) is 48.8 Å². The smallest absolute Gasteiger partial charge is 0.311 e. The van der Waals surface area contributed by atoms with E-state index in [0.29, 0.717) is 25.7 Å². The molecule has 0 aromatic heterocycles. The van der Waals surface area contributed by atoms with Crippen LogP contribution >= 0.6 is 12.4 Å². The van der Waals surface area contributed by atoms with Crippen LogP contribution in [0.1, 0.15) is 26.2 Å². The van der Waals surface area contributed by atoms with Crippen molar-refractivity contribution in [1.82, 2.24) is 4.90 Å². The van der Waals surface area contributed by atoms with E-state index < -0.39 is 11.4 Å². The summed E-state index contributed by atoms with van der Waals surface area (Å²) in [5.74, 6) is 1.36. The molecular weight excluding hydrogens is 330 g/mol. The summed E-state index contributed by atoms with van der Waals surface area (Å²) < 4.78 is 11.2. The van der Waals surface area contributed by atoms with Crippen molar-refractivity contribution in [3.63, 3.8) is 0 Å². The summed E-state index contributed by atoms with van der Waals surface area (Å²) in [4.78, 5) is 13.9. The van der Waals surface area contributed by atoms with Gasteiger partial charge >= 0.3 is 5.97 Å². The van der Waals surface area contributed by atoms with Gasteiger partial charge in [-0.25, -0.2) is 0 Å². The van der Waals surface area contributed by atoms with Gasteiger partial charge in [-0.2, -0.15) is 0 Å². The van der Waals surface area contributed by atoms with Crippen LogP contribution in [0.5, 0.6) is 11.5 Å². The van der Waals surface area contributed by atoms with Gasteiger partial charge in [-0.15, -0.1) is 12.4 Å². The Morgan fingerprint density at radius 1 is 1.29 bits per heavy atom. The van der Waals surface area contributed by atoms with E-state index in [4.69, 9.17) is 9.47 Å². The van der Waals surface area contributed by atoms with Crippen molar-refractivity contribution in [3.8, 4) is 11.5 Å². The van der Waals surface area contributed by atoms with Crippen LogP contribution in [0.15, 0.2) is 24.3 Å². The van der Waals surface area contributed by atoms with Crippen molar-refractivity contribution in [2.24, 2.45) is 11.3 Å². The first-order chi connectivity index (χ1) is 11.1. The first-order valence-corrected chi connectivity index (χ1v) is 8.45. The number of aliphatic carboxylic acids is 1. The van der Waals surface area contributed by atoms with Crippen LogP contribution in [0.25, 0.3) is 0 Å². The molecule has 1 N–H and O–H groups in total. The largest absolute Gasteiger partial charge is 0.494 e. The van der Waals surface area contributed by atoms with Crippen LogP contribution in [0.4, 0.5) is 0 Å². The fourth-order valence-corrected chi connectivity index (χ4v) is 4.00. The second kappa shape index (κ2) is 8.08. The van der Waals surface area contributed by atoms with Crippen molar-refractivity contribution < 1.29 is 19.4 Å². The third kappa shape index (κ3) is 3.78. The highest BCUT2D eigenvalue weighted by atomic mass is 35.5. The molecule has 0 bridgehead atoms. The monoisotopic (exact) mass is 355 g/mol. The summed E-state index contributed by atoms with van der Waals surface area (Å²) in [5.41, 5.74) is -0.501. The minimum Gasteiger partial charge on any atom is -0.494 e. The number of carboxylic acids is 1. The number of nitrogens with zero attached hydrogens (tertiary/aromatic N) is 1. The molecule has 2 fully saturated rings. The van der Waals surface area contributed by atoms with E-state index in [9.17, 15) is 9.90 Å². The summed E-state index contributed by atoms with van der Waals surface area (Å²) in [6.07, 6.45) is 2.92. The van der Waals surface area contributed by atoms with Crippen molar-refractivity contribution >= 4 is 18.4 Å². The van der Waals surface area contributed by atoms with Gasteiger partial charge in [0.2, 0.25) is 0 Å². The van der Waals surface area contributed by atoms with Gasteiger partial charge in [0, 0.05) is 19.6 Å². The van der Waals surface area contributed by atoms with Crippen molar-refractivity contribution in [2.45, 2.75) is 26.2 Å². The zero-order valence-electron chi connectivity index (χ0n) is 14.1. The SMILES string of the molecule is CCOc1ccc(OCCN2C[C@@H]3CCC[C@@]3(C(=O)O)C2)cc1.Cl. The van der Waals surface area contributed by atoms with E-state index >= 15 is 0 Å². The second-order valence-corrected chi connectivity index (χ2v) is 6.54. The van der Waals surface area contributed by atoms with Gasteiger partial charge in [-0.1, -0.05) is 6.42 Å². The summed E-state index contributed by atoms with van der Waals surface area (Å²) in [6.45, 7) is 5.52. The molecule has 1 aliphatic heterocycles. The Morgan fingerprint density at radius 2 is 1.96 bits per heavy atom. The van der Waals surface area contributed by atoms with Gasteiger partial charge in [0.1, 0.15) is 18.1 Å². The predicted molar refractivity (Wildman–Crippen MR) is 94.2 cm³/mol. The van der Waals surface area contributed by atoms with Gasteiger partial charge in [-0.05, 0) is 49.9 Å². The number of benzene rings is 1. The summed E-state index contributed by atoms with van der Waals surface area (Å²) in [5, 5.41) is 9.60. The molecule has 6 heteroatoms. The maximum Gasteiger partial charge on any atom is 0.311 e. The molecule has 1 aromatic carbocycles. The van der Waals surface area contributed by atoms with Gasteiger partial charge in [0.25, 0.3) is 0 Å². The number of ether oxygens (including phenoxy) is 2. The lowest BCUT2D eigenvalue weighted by Crippen LogP contribution is -2.36. The standard InChI is InChI=1S/C18H25NO4.ClH/c1-2-22-15-5-7-16(8-6-15)23-11-10-19-12-14-4-3-9-18(14,13-19)17(20)21;/h5-8,14H,2-4,9-13H2,1H3,(H,20,21);1H/t14-,18+;/m0./s1. The lowest BCUT2D eigenvalue weighted by atomic mass is 9.81. The Labute approximate surface area is 149 Å². The third-order valence-electron chi connectivity index (χ3n) is 5.18. The molecule has 1 heterocycles. The number of halogens is 1. The Morgan fingerprint density at radius 3 is 2.54 bits per heavy atom. The number of carbonyl (C=O) groups is 1. The normalized spacial score (nSPS) is 25.8. The topological polar surface area (TPSA) is 59.0 Å². The molecule has 24 heavy (non-hydrogen) atoms. The highest BCUT2D eigenvalue weighted by Crippen LogP contribution is 2.48. The average molecular weight is 356 g/mol. The number of hydrogen-bond acceptors (Lipinski definition) is 4. The molecule has 1 saturated heterocycles. The summed E-state index contributed by atoms with van der Waals surface area (Å²) in [7, 11) is 0. The molecular formula is C18H26ClNO4. The fourth-order valence-electron chi connectivity index (χ4n) is 4.00. The zero-order valence-corrected chi connectivity index (χ0v) is 14.9. The Hall–Kier alpha value is -1.46. The zero-order chi connectivity index (χ0) is 16.3. The Bertz CT molecular complexity index is 550. The first-order valence-electron chi connectivity index (χ1n) is 8.45. The van der Waals surface area contributed by atoms with Crippen molar-refractivity contribution in [3.05, 3.63) is 24.3 Å². The number of carboxylic acid groups (broad SMARTS) is 1. The molecule has 0 radical (unpaired) electrons. The van der Waals surface area contributed by atoms with E-state index in [-0.39, 0.29) is 12.4 Å². The molecule has 134 valence electrons. The number of hydrogen-bond donors (Lipinski definition) is 1.